The van der Waals surface area contributed by atoms with Crippen LogP contribution in [0.2, 0.25) is 0 Å². The molecule has 1 radical (unpaired) electrons. The summed E-state index contributed by atoms with van der Waals surface area (Å²) >= 11 is 0. The van der Waals surface area contributed by atoms with Crippen molar-refractivity contribution in [1.29, 1.82) is 0 Å². The summed E-state index contributed by atoms with van der Waals surface area (Å²) in [6.07, 6.45) is 5.99. The van der Waals surface area contributed by atoms with Crippen LogP contribution in [-0.2, 0) is 9.53 Å². The van der Waals surface area contributed by atoms with E-state index < -0.39 is 0 Å². The largest absolute Gasteiger partial charge is 0.457 e. The van der Waals surface area contributed by atoms with Crippen molar-refractivity contribution in [2.24, 2.45) is 5.92 Å². The second-order valence-electron chi connectivity index (χ2n) is 3.32. The van der Waals surface area contributed by atoms with Crippen LogP contribution in [0, 0.1) is 5.92 Å². The third-order valence-corrected chi connectivity index (χ3v) is 2.05. The first-order valence-electron chi connectivity index (χ1n) is 4.80. The Kier molecular flexibility index (Phi) is 8.19. The van der Waals surface area contributed by atoms with E-state index in [0.717, 1.165) is 18.8 Å². The van der Waals surface area contributed by atoms with Crippen molar-refractivity contribution in [3.05, 3.63) is 0 Å². The van der Waals surface area contributed by atoms with Crippen LogP contribution in [0.3, 0.4) is 0 Å². The predicted octanol–water partition coefficient (Wildman–Crippen LogP) is 2.68. The molecule has 1 atom stereocenters. The molecule has 0 aromatic carbocycles. The third kappa shape index (κ3) is 7.58. The van der Waals surface area contributed by atoms with E-state index in [-0.39, 0.29) is 0 Å². The van der Waals surface area contributed by atoms with E-state index in [4.69, 9.17) is 0 Å². The van der Waals surface area contributed by atoms with Crippen LogP contribution >= 0.6 is 0 Å². The molecule has 0 saturated heterocycles. The summed E-state index contributed by atoms with van der Waals surface area (Å²) in [5.41, 5.74) is 0. The van der Waals surface area contributed by atoms with Crippen molar-refractivity contribution >= 4 is 6.47 Å². The highest BCUT2D eigenvalue weighted by Crippen LogP contribution is 2.13. The monoisotopic (exact) mass is 171 g/mol. The van der Waals surface area contributed by atoms with E-state index in [1.807, 2.05) is 0 Å². The highest BCUT2D eigenvalue weighted by Gasteiger charge is 2.00. The Bertz CT molecular complexity index is 102. The number of rotatable bonds is 8. The van der Waals surface area contributed by atoms with Gasteiger partial charge in [0.15, 0.2) is 0 Å². The number of hydrogen-bond acceptors (Lipinski definition) is 2. The summed E-state index contributed by atoms with van der Waals surface area (Å²) < 4.78 is 4.48. The molecule has 71 valence electrons. The summed E-state index contributed by atoms with van der Waals surface area (Å²) in [7, 11) is 0. The second kappa shape index (κ2) is 8.57. The maximum atomic E-state index is 9.67. The van der Waals surface area contributed by atoms with Crippen molar-refractivity contribution in [3.63, 3.8) is 0 Å². The van der Waals surface area contributed by atoms with Gasteiger partial charge in [-0.2, -0.15) is 0 Å². The Labute approximate surface area is 75.3 Å². The molecule has 2 heteroatoms. The zero-order valence-corrected chi connectivity index (χ0v) is 8.14. The Hall–Kier alpha value is -0.530. The third-order valence-electron chi connectivity index (χ3n) is 2.05. The Morgan fingerprint density at radius 1 is 1.33 bits per heavy atom. The fourth-order valence-electron chi connectivity index (χ4n) is 1.24. The van der Waals surface area contributed by atoms with Crippen molar-refractivity contribution in [2.45, 2.75) is 46.0 Å². The van der Waals surface area contributed by atoms with Crippen LogP contribution in [-0.4, -0.2) is 13.1 Å². The molecule has 0 aliphatic rings. The van der Waals surface area contributed by atoms with Crippen LogP contribution in [0.1, 0.15) is 46.0 Å². The second-order valence-corrected chi connectivity index (χ2v) is 3.32. The van der Waals surface area contributed by atoms with Gasteiger partial charge in [-0.1, -0.05) is 33.1 Å². The normalized spacial score (nSPS) is 12.5. The van der Waals surface area contributed by atoms with E-state index in [0.29, 0.717) is 6.61 Å². The molecule has 0 rings (SSSR count). The fraction of sp³-hybridized carbons (Fsp3) is 0.900. The highest BCUT2D eigenvalue weighted by atomic mass is 16.5. The predicted molar refractivity (Wildman–Crippen MR) is 49.6 cm³/mol. The fourth-order valence-corrected chi connectivity index (χ4v) is 1.24. The molecule has 0 saturated carbocycles. The first-order chi connectivity index (χ1) is 5.81. The summed E-state index contributed by atoms with van der Waals surface area (Å²) in [4.78, 5) is 9.67. The molecule has 0 aromatic heterocycles. The van der Waals surface area contributed by atoms with E-state index >= 15 is 0 Å². The van der Waals surface area contributed by atoms with Gasteiger partial charge in [-0.3, -0.25) is 0 Å². The molecule has 0 fully saturated rings. The summed E-state index contributed by atoms with van der Waals surface area (Å²) in [5, 5.41) is 0. The summed E-state index contributed by atoms with van der Waals surface area (Å²) in [6.45, 7) is 6.42. The van der Waals surface area contributed by atoms with Gasteiger partial charge in [0.05, 0.1) is 6.61 Å². The van der Waals surface area contributed by atoms with Crippen LogP contribution in [0.25, 0.3) is 0 Å². The van der Waals surface area contributed by atoms with Crippen LogP contribution in [0.4, 0.5) is 0 Å². The van der Waals surface area contributed by atoms with E-state index in [1.54, 1.807) is 0 Å². The average Bonchev–Trinajstić information content (AvgIpc) is 2.09. The molecule has 0 spiro atoms. The smallest absolute Gasteiger partial charge is 0.417 e. The van der Waals surface area contributed by atoms with Gasteiger partial charge in [-0.15, -0.1) is 0 Å². The Morgan fingerprint density at radius 2 is 2.00 bits per heavy atom. The maximum Gasteiger partial charge on any atom is 0.417 e. The maximum absolute atomic E-state index is 9.67. The molecular formula is C10H19O2. The minimum atomic E-state index is 0.528. The lowest BCUT2D eigenvalue weighted by atomic mass is 9.99. The molecule has 0 bridgehead atoms. The molecule has 12 heavy (non-hydrogen) atoms. The molecule has 0 aliphatic heterocycles. The van der Waals surface area contributed by atoms with Gasteiger partial charge in [0.25, 0.3) is 0 Å². The van der Waals surface area contributed by atoms with E-state index in [2.05, 4.69) is 18.6 Å². The first kappa shape index (κ1) is 11.5. The molecule has 0 N–H and O–H groups in total. The zero-order valence-electron chi connectivity index (χ0n) is 8.14. The molecule has 0 heterocycles. The highest BCUT2D eigenvalue weighted by molar-refractivity contribution is 5.37. The van der Waals surface area contributed by atoms with Crippen molar-refractivity contribution in [2.75, 3.05) is 6.61 Å². The van der Waals surface area contributed by atoms with E-state index in [9.17, 15) is 4.79 Å². The molecule has 0 aromatic rings. The Balaban J connectivity index is 3.07. The summed E-state index contributed by atoms with van der Waals surface area (Å²) in [5.74, 6) is 0.764. The molecule has 0 aliphatic carbocycles. The van der Waals surface area contributed by atoms with Crippen LogP contribution in [0.5, 0.6) is 0 Å². The molecule has 0 amide bonds. The van der Waals surface area contributed by atoms with Gasteiger partial charge < -0.3 is 4.74 Å². The van der Waals surface area contributed by atoms with Crippen molar-refractivity contribution in [1.82, 2.24) is 0 Å². The van der Waals surface area contributed by atoms with Gasteiger partial charge in [0.1, 0.15) is 0 Å². The molecule has 2 nitrogen and oxygen atoms in total. The Morgan fingerprint density at radius 3 is 2.58 bits per heavy atom. The number of unbranched alkanes of at least 4 members (excludes halogenated alkanes) is 1. The van der Waals surface area contributed by atoms with Gasteiger partial charge in [0, 0.05) is 0 Å². The summed E-state index contributed by atoms with van der Waals surface area (Å²) in [6, 6.07) is 0. The molecular weight excluding hydrogens is 152 g/mol. The molecule has 1 unspecified atom stereocenters. The quantitative estimate of drug-likeness (QED) is 0.525. The van der Waals surface area contributed by atoms with Gasteiger partial charge in [-0.05, 0) is 18.8 Å². The zero-order chi connectivity index (χ0) is 9.23. The van der Waals surface area contributed by atoms with Crippen LogP contribution < -0.4 is 0 Å². The van der Waals surface area contributed by atoms with Gasteiger partial charge >= 0.3 is 6.47 Å². The van der Waals surface area contributed by atoms with E-state index in [1.165, 1.54) is 25.7 Å². The van der Waals surface area contributed by atoms with Crippen molar-refractivity contribution in [3.8, 4) is 0 Å². The topological polar surface area (TPSA) is 26.3 Å². The average molecular weight is 171 g/mol. The minimum Gasteiger partial charge on any atom is -0.457 e. The standard InChI is InChI=1S/C10H19O2/c1-3-4-6-10(2)7-5-8-12-9-11/h10H,3-8H2,1-2H3. The SMILES string of the molecule is CCCCC(C)CCCO[C]=O. The lowest BCUT2D eigenvalue weighted by Gasteiger charge is -2.08. The van der Waals surface area contributed by atoms with Crippen molar-refractivity contribution < 1.29 is 9.53 Å². The number of ether oxygens (including phenoxy) is 1. The lowest BCUT2D eigenvalue weighted by molar-refractivity contribution is 0.260. The van der Waals surface area contributed by atoms with Gasteiger partial charge in [0.2, 0.25) is 0 Å². The number of hydrogen-bond donors (Lipinski definition) is 0. The van der Waals surface area contributed by atoms with Crippen LogP contribution in [0.15, 0.2) is 0 Å². The minimum absolute atomic E-state index is 0.528. The number of carbonyl (C=O) groups excluding carboxylic acids is 1. The lowest BCUT2D eigenvalue weighted by Crippen LogP contribution is -1.98. The van der Waals surface area contributed by atoms with Gasteiger partial charge in [-0.25, -0.2) is 4.79 Å². The first-order valence-corrected chi connectivity index (χ1v) is 4.80.